The van der Waals surface area contributed by atoms with Crippen LogP contribution in [0.1, 0.15) is 52.4 Å². The number of nitrogens with two attached hydrogens (primary N) is 1. The molecule has 0 amide bonds. The highest BCUT2D eigenvalue weighted by Gasteiger charge is 2.30. The minimum atomic E-state index is -3.12. The van der Waals surface area contributed by atoms with Gasteiger partial charge < -0.3 is 5.73 Å². The van der Waals surface area contributed by atoms with Gasteiger partial charge >= 0.3 is 0 Å². The average molecular weight is 276 g/mol. The third-order valence-electron chi connectivity index (χ3n) is 3.47. The van der Waals surface area contributed by atoms with E-state index in [0.29, 0.717) is 13.1 Å². The Morgan fingerprint density at radius 2 is 1.83 bits per heavy atom. The predicted molar refractivity (Wildman–Crippen MR) is 75.9 cm³/mol. The summed E-state index contributed by atoms with van der Waals surface area (Å²) in [4.78, 5) is 0. The van der Waals surface area contributed by atoms with E-state index in [1.54, 1.807) is 4.31 Å². The van der Waals surface area contributed by atoms with E-state index >= 15 is 0 Å². The molecule has 0 aliphatic heterocycles. The fraction of sp³-hybridized carbons (Fsp3) is 1.00. The highest BCUT2D eigenvalue weighted by atomic mass is 32.2. The van der Waals surface area contributed by atoms with Crippen molar-refractivity contribution in [2.75, 3.05) is 18.8 Å². The first-order valence-corrected chi connectivity index (χ1v) is 8.78. The van der Waals surface area contributed by atoms with E-state index in [9.17, 15) is 8.42 Å². The van der Waals surface area contributed by atoms with Crippen LogP contribution < -0.4 is 5.73 Å². The molecule has 1 aliphatic carbocycles. The molecule has 0 atom stereocenters. The second-order valence-electron chi connectivity index (χ2n) is 5.72. The lowest BCUT2D eigenvalue weighted by atomic mass is 9.95. The Balaban J connectivity index is 2.75. The van der Waals surface area contributed by atoms with Crippen LogP contribution in [-0.2, 0) is 10.0 Å². The van der Waals surface area contributed by atoms with Gasteiger partial charge in [-0.3, -0.25) is 0 Å². The lowest BCUT2D eigenvalue weighted by molar-refractivity contribution is 0.251. The zero-order valence-corrected chi connectivity index (χ0v) is 12.6. The molecule has 2 N–H and O–H groups in total. The molecule has 1 saturated carbocycles. The summed E-state index contributed by atoms with van der Waals surface area (Å²) in [5.74, 6) is 0.438. The quantitative estimate of drug-likeness (QED) is 0.773. The summed E-state index contributed by atoms with van der Waals surface area (Å²) in [6.45, 7) is 5.07. The van der Waals surface area contributed by atoms with Gasteiger partial charge in [0.2, 0.25) is 10.0 Å². The first kappa shape index (κ1) is 15.9. The smallest absolute Gasteiger partial charge is 0.214 e. The Bertz CT molecular complexity index is 322. The van der Waals surface area contributed by atoms with Crippen molar-refractivity contribution in [3.8, 4) is 0 Å². The lowest BCUT2D eigenvalue weighted by Gasteiger charge is -2.33. The molecule has 0 aromatic carbocycles. The van der Waals surface area contributed by atoms with Crippen LogP contribution in [0.15, 0.2) is 0 Å². The van der Waals surface area contributed by atoms with Gasteiger partial charge in [0.1, 0.15) is 0 Å². The largest absolute Gasteiger partial charge is 0.330 e. The van der Waals surface area contributed by atoms with Gasteiger partial charge in [-0.1, -0.05) is 33.1 Å². The van der Waals surface area contributed by atoms with Crippen LogP contribution in [0.25, 0.3) is 0 Å². The van der Waals surface area contributed by atoms with Crippen molar-refractivity contribution < 1.29 is 8.42 Å². The van der Waals surface area contributed by atoms with E-state index in [4.69, 9.17) is 5.73 Å². The zero-order chi connectivity index (χ0) is 13.6. The van der Waals surface area contributed by atoms with Crippen LogP contribution in [0.3, 0.4) is 0 Å². The van der Waals surface area contributed by atoms with Crippen LogP contribution >= 0.6 is 0 Å². The van der Waals surface area contributed by atoms with Crippen LogP contribution in [0, 0.1) is 5.92 Å². The first-order valence-electron chi connectivity index (χ1n) is 7.17. The van der Waals surface area contributed by atoms with Crippen molar-refractivity contribution in [1.29, 1.82) is 0 Å². The maximum Gasteiger partial charge on any atom is 0.214 e. The molecule has 108 valence electrons. The Labute approximate surface area is 112 Å². The monoisotopic (exact) mass is 276 g/mol. The van der Waals surface area contributed by atoms with E-state index in [-0.39, 0.29) is 17.7 Å². The van der Waals surface area contributed by atoms with E-state index in [1.807, 2.05) is 13.8 Å². The summed E-state index contributed by atoms with van der Waals surface area (Å²) in [5, 5.41) is 0. The topological polar surface area (TPSA) is 63.4 Å². The normalized spacial score (nSPS) is 18.7. The van der Waals surface area contributed by atoms with Crippen molar-refractivity contribution in [2.24, 2.45) is 11.7 Å². The number of rotatable bonds is 7. The molecule has 0 aromatic rings. The highest BCUT2D eigenvalue weighted by molar-refractivity contribution is 7.89. The van der Waals surface area contributed by atoms with Crippen molar-refractivity contribution in [3.05, 3.63) is 0 Å². The van der Waals surface area contributed by atoms with E-state index in [1.165, 1.54) is 6.42 Å². The summed E-state index contributed by atoms with van der Waals surface area (Å²) in [6.07, 6.45) is 6.34. The molecule has 0 heterocycles. The molecule has 0 aromatic heterocycles. The minimum absolute atomic E-state index is 0.180. The Kier molecular flexibility index (Phi) is 6.60. The molecule has 4 nitrogen and oxygen atoms in total. The van der Waals surface area contributed by atoms with Crippen LogP contribution in [0.4, 0.5) is 0 Å². The highest BCUT2D eigenvalue weighted by Crippen LogP contribution is 2.25. The summed E-state index contributed by atoms with van der Waals surface area (Å²) in [6, 6.07) is 0.217. The fourth-order valence-electron chi connectivity index (χ4n) is 2.68. The summed E-state index contributed by atoms with van der Waals surface area (Å²) in [7, 11) is -3.12. The Morgan fingerprint density at radius 1 is 1.22 bits per heavy atom. The van der Waals surface area contributed by atoms with Gasteiger partial charge in [-0.05, 0) is 31.7 Å². The van der Waals surface area contributed by atoms with Crippen LogP contribution in [0.2, 0.25) is 0 Å². The van der Waals surface area contributed by atoms with E-state index in [0.717, 1.165) is 32.1 Å². The van der Waals surface area contributed by atoms with Crippen LogP contribution in [0.5, 0.6) is 0 Å². The molecule has 0 unspecified atom stereocenters. The second-order valence-corrected chi connectivity index (χ2v) is 7.68. The Morgan fingerprint density at radius 3 is 2.33 bits per heavy atom. The molecule has 18 heavy (non-hydrogen) atoms. The predicted octanol–water partition coefficient (Wildman–Crippen LogP) is 1.96. The zero-order valence-electron chi connectivity index (χ0n) is 11.8. The van der Waals surface area contributed by atoms with Crippen molar-refractivity contribution in [1.82, 2.24) is 4.31 Å². The first-order chi connectivity index (χ1) is 8.47. The second kappa shape index (κ2) is 7.46. The molecule has 1 aliphatic rings. The van der Waals surface area contributed by atoms with E-state index in [2.05, 4.69) is 0 Å². The molecular formula is C13H28N2O2S. The number of hydrogen-bond donors (Lipinski definition) is 1. The third-order valence-corrected chi connectivity index (χ3v) is 5.75. The molecule has 0 radical (unpaired) electrons. The van der Waals surface area contributed by atoms with Crippen molar-refractivity contribution in [3.63, 3.8) is 0 Å². The average Bonchev–Trinajstić information content (AvgIpc) is 2.29. The third kappa shape index (κ3) is 4.86. The van der Waals surface area contributed by atoms with Crippen LogP contribution in [-0.4, -0.2) is 37.6 Å². The Hall–Kier alpha value is -0.130. The summed E-state index contributed by atoms with van der Waals surface area (Å²) >= 11 is 0. The van der Waals surface area contributed by atoms with Gasteiger partial charge in [-0.15, -0.1) is 0 Å². The fourth-order valence-corrected chi connectivity index (χ4v) is 4.79. The molecule has 0 bridgehead atoms. The number of hydrogen-bond acceptors (Lipinski definition) is 3. The molecule has 1 rings (SSSR count). The van der Waals surface area contributed by atoms with Gasteiger partial charge in [-0.25, -0.2) is 8.42 Å². The SMILES string of the molecule is CC(C)CS(=O)(=O)N(CCCN)C1CCCCC1. The molecule has 5 heteroatoms. The molecule has 0 saturated heterocycles. The van der Waals surface area contributed by atoms with E-state index < -0.39 is 10.0 Å². The lowest BCUT2D eigenvalue weighted by Crippen LogP contribution is -2.44. The molecule has 0 spiro atoms. The van der Waals surface area contributed by atoms with Gasteiger partial charge in [0.25, 0.3) is 0 Å². The van der Waals surface area contributed by atoms with Crippen molar-refractivity contribution >= 4 is 10.0 Å². The van der Waals surface area contributed by atoms with Gasteiger partial charge in [0.05, 0.1) is 5.75 Å². The minimum Gasteiger partial charge on any atom is -0.330 e. The summed E-state index contributed by atoms with van der Waals surface area (Å²) < 4.78 is 26.6. The summed E-state index contributed by atoms with van der Waals surface area (Å²) in [5.41, 5.74) is 5.53. The van der Waals surface area contributed by atoms with Crippen molar-refractivity contribution in [2.45, 2.75) is 58.4 Å². The molecule has 1 fully saturated rings. The molecular weight excluding hydrogens is 248 g/mol. The maximum atomic E-state index is 12.4. The number of sulfonamides is 1. The van der Waals surface area contributed by atoms with Gasteiger partial charge in [-0.2, -0.15) is 4.31 Å². The maximum absolute atomic E-state index is 12.4. The van der Waals surface area contributed by atoms with Gasteiger partial charge in [0.15, 0.2) is 0 Å². The van der Waals surface area contributed by atoms with Gasteiger partial charge in [0, 0.05) is 12.6 Å². The number of nitrogens with zero attached hydrogens (tertiary/aromatic N) is 1. The standard InChI is InChI=1S/C13H28N2O2S/c1-12(2)11-18(16,17)15(10-6-9-14)13-7-4-3-5-8-13/h12-13H,3-11,14H2,1-2H3.